The molecule has 0 aliphatic carbocycles. The Kier molecular flexibility index (Phi) is 5.28. The number of aromatic nitrogens is 2. The lowest BCUT2D eigenvalue weighted by Gasteiger charge is -2.29. The topological polar surface area (TPSA) is 84.5 Å². The number of carbonyl (C=O) groups excluding carboxylic acids is 2. The first kappa shape index (κ1) is 17.3. The SMILES string of the molecule is CCN(Cc1c(C)nn(CC)c1C)C(=O)[C@@H]1CCCN1C(N)=O. The van der Waals surface area contributed by atoms with Crippen LogP contribution in [0.3, 0.4) is 0 Å². The van der Waals surface area contributed by atoms with E-state index in [1.54, 1.807) is 4.90 Å². The minimum atomic E-state index is -0.511. The lowest BCUT2D eigenvalue weighted by molar-refractivity contribution is -0.135. The average Bonchev–Trinajstić information content (AvgIpc) is 3.10. The van der Waals surface area contributed by atoms with Crippen molar-refractivity contribution in [2.75, 3.05) is 13.1 Å². The summed E-state index contributed by atoms with van der Waals surface area (Å²) in [6, 6.07) is -0.933. The largest absolute Gasteiger partial charge is 0.351 e. The number of urea groups is 1. The van der Waals surface area contributed by atoms with Crippen LogP contribution in [0.15, 0.2) is 0 Å². The molecule has 0 saturated carbocycles. The van der Waals surface area contributed by atoms with Crippen LogP contribution >= 0.6 is 0 Å². The second kappa shape index (κ2) is 7.02. The summed E-state index contributed by atoms with van der Waals surface area (Å²) in [4.78, 5) is 27.6. The molecule has 2 heterocycles. The number of rotatable bonds is 5. The van der Waals surface area contributed by atoms with Gasteiger partial charge in [0.1, 0.15) is 6.04 Å². The third kappa shape index (κ3) is 3.33. The maximum Gasteiger partial charge on any atom is 0.315 e. The van der Waals surface area contributed by atoms with Crippen molar-refractivity contribution < 1.29 is 9.59 Å². The van der Waals surface area contributed by atoms with Gasteiger partial charge in [0.25, 0.3) is 0 Å². The molecule has 1 aromatic rings. The van der Waals surface area contributed by atoms with Gasteiger partial charge >= 0.3 is 6.03 Å². The van der Waals surface area contributed by atoms with Crippen LogP contribution in [0.2, 0.25) is 0 Å². The summed E-state index contributed by atoms with van der Waals surface area (Å²) in [6.07, 6.45) is 1.51. The predicted molar refractivity (Wildman–Crippen MR) is 87.8 cm³/mol. The van der Waals surface area contributed by atoms with E-state index < -0.39 is 12.1 Å². The first-order valence-electron chi connectivity index (χ1n) is 8.28. The van der Waals surface area contributed by atoms with E-state index >= 15 is 0 Å². The van der Waals surface area contributed by atoms with E-state index in [1.165, 1.54) is 4.90 Å². The number of nitrogens with zero attached hydrogens (tertiary/aromatic N) is 4. The lowest BCUT2D eigenvalue weighted by atomic mass is 10.1. The Morgan fingerprint density at radius 2 is 2.04 bits per heavy atom. The molecule has 0 bridgehead atoms. The fraction of sp³-hybridized carbons (Fsp3) is 0.688. The molecule has 2 N–H and O–H groups in total. The Bertz CT molecular complexity index is 596. The van der Waals surface area contributed by atoms with Gasteiger partial charge in [-0.2, -0.15) is 5.10 Å². The molecule has 0 unspecified atom stereocenters. The molecule has 128 valence electrons. The molecule has 7 nitrogen and oxygen atoms in total. The minimum Gasteiger partial charge on any atom is -0.351 e. The van der Waals surface area contributed by atoms with E-state index in [2.05, 4.69) is 12.0 Å². The molecule has 1 aromatic heterocycles. The number of likely N-dealkylation sites (N-methyl/N-ethyl adjacent to an activating group) is 1. The number of carbonyl (C=O) groups is 2. The molecule has 1 saturated heterocycles. The normalized spacial score (nSPS) is 17.6. The van der Waals surface area contributed by atoms with Gasteiger partial charge in [0.2, 0.25) is 5.91 Å². The zero-order valence-electron chi connectivity index (χ0n) is 14.5. The van der Waals surface area contributed by atoms with Gasteiger partial charge in [0, 0.05) is 37.4 Å². The Balaban J connectivity index is 2.18. The van der Waals surface area contributed by atoms with Crippen molar-refractivity contribution in [3.8, 4) is 0 Å². The van der Waals surface area contributed by atoms with Crippen LogP contribution < -0.4 is 5.73 Å². The second-order valence-electron chi connectivity index (χ2n) is 6.01. The predicted octanol–water partition coefficient (Wildman–Crippen LogP) is 1.41. The van der Waals surface area contributed by atoms with Gasteiger partial charge in [0.05, 0.1) is 5.69 Å². The number of hydrogen-bond donors (Lipinski definition) is 1. The summed E-state index contributed by atoms with van der Waals surface area (Å²) in [6.45, 7) is 10.5. The van der Waals surface area contributed by atoms with Crippen LogP contribution in [-0.4, -0.2) is 50.6 Å². The number of hydrogen-bond acceptors (Lipinski definition) is 3. The highest BCUT2D eigenvalue weighted by Crippen LogP contribution is 2.21. The van der Waals surface area contributed by atoms with Gasteiger partial charge in [-0.25, -0.2) is 4.79 Å². The summed E-state index contributed by atoms with van der Waals surface area (Å²) in [7, 11) is 0. The minimum absolute atomic E-state index is 0.0214. The van der Waals surface area contributed by atoms with Crippen molar-refractivity contribution in [3.05, 3.63) is 17.0 Å². The molecular weight excluding hydrogens is 294 g/mol. The monoisotopic (exact) mass is 321 g/mol. The van der Waals surface area contributed by atoms with Gasteiger partial charge in [-0.3, -0.25) is 9.48 Å². The number of likely N-dealkylation sites (tertiary alicyclic amines) is 1. The number of amides is 3. The van der Waals surface area contributed by atoms with E-state index in [0.717, 1.165) is 29.9 Å². The van der Waals surface area contributed by atoms with Gasteiger partial charge in [-0.05, 0) is 40.5 Å². The van der Waals surface area contributed by atoms with Crippen LogP contribution in [0.25, 0.3) is 0 Å². The summed E-state index contributed by atoms with van der Waals surface area (Å²) in [5, 5.41) is 4.51. The highest BCUT2D eigenvalue weighted by atomic mass is 16.2. The second-order valence-corrected chi connectivity index (χ2v) is 6.01. The van der Waals surface area contributed by atoms with Crippen molar-refractivity contribution >= 4 is 11.9 Å². The molecule has 1 aliphatic heterocycles. The van der Waals surface area contributed by atoms with Gasteiger partial charge in [0.15, 0.2) is 0 Å². The smallest absolute Gasteiger partial charge is 0.315 e. The molecule has 0 spiro atoms. The molecule has 1 aliphatic rings. The zero-order valence-corrected chi connectivity index (χ0v) is 14.5. The maximum atomic E-state index is 12.8. The Morgan fingerprint density at radius 3 is 2.57 bits per heavy atom. The van der Waals surface area contributed by atoms with Crippen LogP contribution in [0.5, 0.6) is 0 Å². The third-order valence-corrected chi connectivity index (χ3v) is 4.69. The standard InChI is InChI=1S/C16H27N5O2/c1-5-19(10-13-11(3)18-21(6-2)12(13)4)15(22)14-8-7-9-20(14)16(17)23/h14H,5-10H2,1-4H3,(H2,17,23)/t14-/m0/s1. The molecule has 23 heavy (non-hydrogen) atoms. The number of nitrogens with two attached hydrogens (primary N) is 1. The first-order valence-corrected chi connectivity index (χ1v) is 8.28. The maximum absolute atomic E-state index is 12.8. The summed E-state index contributed by atoms with van der Waals surface area (Å²) in [5.74, 6) is -0.0214. The molecule has 3 amide bonds. The Hall–Kier alpha value is -2.05. The average molecular weight is 321 g/mol. The fourth-order valence-corrected chi connectivity index (χ4v) is 3.31. The molecule has 1 fully saturated rings. The quantitative estimate of drug-likeness (QED) is 0.890. The summed E-state index contributed by atoms with van der Waals surface area (Å²) < 4.78 is 1.95. The fourth-order valence-electron chi connectivity index (χ4n) is 3.31. The van der Waals surface area contributed by atoms with Crippen LogP contribution in [-0.2, 0) is 17.9 Å². The highest BCUT2D eigenvalue weighted by Gasteiger charge is 2.35. The molecule has 2 rings (SSSR count). The molecule has 0 radical (unpaired) electrons. The van der Waals surface area contributed by atoms with Crippen LogP contribution in [0, 0.1) is 13.8 Å². The molecular formula is C16H27N5O2. The summed E-state index contributed by atoms with van der Waals surface area (Å²) in [5.41, 5.74) is 8.53. The van der Waals surface area contributed by atoms with Gasteiger partial charge in [-0.1, -0.05) is 0 Å². The zero-order chi connectivity index (χ0) is 17.1. The van der Waals surface area contributed by atoms with Crippen LogP contribution in [0.4, 0.5) is 4.79 Å². The Morgan fingerprint density at radius 1 is 1.35 bits per heavy atom. The van der Waals surface area contributed by atoms with Crippen molar-refractivity contribution in [3.63, 3.8) is 0 Å². The van der Waals surface area contributed by atoms with E-state index in [9.17, 15) is 9.59 Å². The van der Waals surface area contributed by atoms with Gasteiger partial charge < -0.3 is 15.5 Å². The van der Waals surface area contributed by atoms with Crippen LogP contribution in [0.1, 0.15) is 43.6 Å². The Labute approximate surface area is 137 Å². The lowest BCUT2D eigenvalue weighted by Crippen LogP contribution is -2.49. The van der Waals surface area contributed by atoms with Crippen molar-refractivity contribution in [1.29, 1.82) is 0 Å². The molecule has 1 atom stereocenters. The number of aryl methyl sites for hydroxylation is 2. The van der Waals surface area contributed by atoms with Crippen molar-refractivity contribution in [2.45, 2.75) is 59.7 Å². The van der Waals surface area contributed by atoms with E-state index in [-0.39, 0.29) is 5.91 Å². The van der Waals surface area contributed by atoms with E-state index in [1.807, 2.05) is 25.5 Å². The third-order valence-electron chi connectivity index (χ3n) is 4.69. The summed E-state index contributed by atoms with van der Waals surface area (Å²) >= 11 is 0. The highest BCUT2D eigenvalue weighted by molar-refractivity contribution is 5.87. The number of primary amides is 1. The van der Waals surface area contributed by atoms with E-state index in [4.69, 9.17) is 5.73 Å². The van der Waals surface area contributed by atoms with Crippen molar-refractivity contribution in [2.24, 2.45) is 5.73 Å². The van der Waals surface area contributed by atoms with E-state index in [0.29, 0.717) is 26.1 Å². The molecule has 0 aromatic carbocycles. The van der Waals surface area contributed by atoms with Crippen molar-refractivity contribution in [1.82, 2.24) is 19.6 Å². The van der Waals surface area contributed by atoms with Gasteiger partial charge in [-0.15, -0.1) is 0 Å². The molecule has 7 heteroatoms. The first-order chi connectivity index (χ1) is 10.9.